The van der Waals surface area contributed by atoms with Gasteiger partial charge in [-0.15, -0.1) is 11.3 Å². The Morgan fingerprint density at radius 1 is 0.970 bits per heavy atom. The quantitative estimate of drug-likeness (QED) is 0.339. The van der Waals surface area contributed by atoms with Crippen LogP contribution in [0.3, 0.4) is 0 Å². The van der Waals surface area contributed by atoms with E-state index in [1.165, 1.54) is 11.3 Å². The molecule has 0 fully saturated rings. The Hall–Kier alpha value is -3.44. The Morgan fingerprint density at radius 2 is 1.67 bits per heavy atom. The number of benzene rings is 3. The van der Waals surface area contributed by atoms with Crippen molar-refractivity contribution in [2.24, 2.45) is 0 Å². The van der Waals surface area contributed by atoms with Gasteiger partial charge in [-0.2, -0.15) is 0 Å². The summed E-state index contributed by atoms with van der Waals surface area (Å²) in [6.07, 6.45) is 1.10. The molecule has 0 spiro atoms. The first-order valence-corrected chi connectivity index (χ1v) is 12.2. The second-order valence-electron chi connectivity index (χ2n) is 8.44. The SMILES string of the molecule is CCC(=O)N(c1ccccc1)[C@@H]1C[C@H](C)N(C(=O)c2cc3ccccc3s2)c2ccccc21. The number of hydrogen-bond acceptors (Lipinski definition) is 3. The zero-order valence-corrected chi connectivity index (χ0v) is 19.6. The van der Waals surface area contributed by atoms with Crippen molar-refractivity contribution in [2.45, 2.75) is 38.8 Å². The van der Waals surface area contributed by atoms with Gasteiger partial charge in [0.1, 0.15) is 0 Å². The predicted octanol–water partition coefficient (Wildman–Crippen LogP) is 6.82. The number of carbonyl (C=O) groups is 2. The van der Waals surface area contributed by atoms with Gasteiger partial charge in [-0.1, -0.05) is 61.5 Å². The Labute approximate surface area is 198 Å². The van der Waals surface area contributed by atoms with Crippen LogP contribution in [0.15, 0.2) is 84.9 Å². The zero-order chi connectivity index (χ0) is 22.9. The maximum absolute atomic E-state index is 13.7. The van der Waals surface area contributed by atoms with E-state index in [1.54, 1.807) is 0 Å². The largest absolute Gasteiger partial charge is 0.305 e. The van der Waals surface area contributed by atoms with Gasteiger partial charge in [-0.3, -0.25) is 9.59 Å². The maximum atomic E-state index is 13.7. The van der Waals surface area contributed by atoms with Crippen LogP contribution in [0.5, 0.6) is 0 Å². The highest BCUT2D eigenvalue weighted by Crippen LogP contribution is 2.43. The second-order valence-corrected chi connectivity index (χ2v) is 9.52. The fraction of sp³-hybridized carbons (Fsp3) is 0.214. The van der Waals surface area contributed by atoms with Crippen LogP contribution in [-0.4, -0.2) is 17.9 Å². The van der Waals surface area contributed by atoms with E-state index in [2.05, 4.69) is 19.1 Å². The van der Waals surface area contributed by atoms with Gasteiger partial charge in [0.2, 0.25) is 5.91 Å². The number of hydrogen-bond donors (Lipinski definition) is 0. The Kier molecular flexibility index (Phi) is 5.73. The summed E-state index contributed by atoms with van der Waals surface area (Å²) in [5.41, 5.74) is 2.78. The number of anilines is 2. The molecule has 4 aromatic rings. The Bertz CT molecular complexity index is 1280. The summed E-state index contributed by atoms with van der Waals surface area (Å²) in [5, 5.41) is 1.09. The van der Waals surface area contributed by atoms with Crippen LogP contribution >= 0.6 is 11.3 Å². The van der Waals surface area contributed by atoms with E-state index in [1.807, 2.05) is 89.5 Å². The van der Waals surface area contributed by atoms with Crippen LogP contribution in [0, 0.1) is 0 Å². The normalized spacial score (nSPS) is 17.6. The van der Waals surface area contributed by atoms with Crippen LogP contribution in [0.1, 0.15) is 48.0 Å². The van der Waals surface area contributed by atoms with Gasteiger partial charge in [0.05, 0.1) is 10.9 Å². The predicted molar refractivity (Wildman–Crippen MR) is 136 cm³/mol. The lowest BCUT2D eigenvalue weighted by molar-refractivity contribution is -0.118. The first-order chi connectivity index (χ1) is 16.1. The average Bonchev–Trinajstić information content (AvgIpc) is 3.29. The van der Waals surface area contributed by atoms with Crippen molar-refractivity contribution < 1.29 is 9.59 Å². The topological polar surface area (TPSA) is 40.6 Å². The van der Waals surface area contributed by atoms with Crippen LogP contribution in [0.4, 0.5) is 11.4 Å². The number of thiophene rings is 1. The van der Waals surface area contributed by atoms with Gasteiger partial charge in [0.15, 0.2) is 0 Å². The van der Waals surface area contributed by atoms with Crippen LogP contribution < -0.4 is 9.80 Å². The molecule has 0 radical (unpaired) electrons. The highest BCUT2D eigenvalue weighted by atomic mass is 32.1. The fourth-order valence-corrected chi connectivity index (χ4v) is 5.80. The summed E-state index contributed by atoms with van der Waals surface area (Å²) in [6, 6.07) is 27.7. The number of nitrogens with zero attached hydrogens (tertiary/aromatic N) is 2. The standard InChI is InChI=1S/C28H26N2O2S/c1-3-27(31)30(21-12-5-4-6-13-21)24-17-19(2)29(23-15-9-8-14-22(23)24)28(32)26-18-20-11-7-10-16-25(20)33-26/h4-16,18-19,24H,3,17H2,1-2H3/t19-,24+/m0/s1. The highest BCUT2D eigenvalue weighted by molar-refractivity contribution is 7.20. The number of rotatable bonds is 4. The molecular formula is C28H26N2O2S. The summed E-state index contributed by atoms with van der Waals surface area (Å²) in [6.45, 7) is 3.97. The fourth-order valence-electron chi connectivity index (χ4n) is 4.80. The minimum atomic E-state index is -0.127. The molecular weight excluding hydrogens is 428 g/mol. The Balaban J connectivity index is 1.58. The molecule has 4 nitrogen and oxygen atoms in total. The summed E-state index contributed by atoms with van der Waals surface area (Å²) < 4.78 is 1.11. The van der Waals surface area contributed by atoms with Gasteiger partial charge < -0.3 is 9.80 Å². The molecule has 0 unspecified atom stereocenters. The minimum absolute atomic E-state index is 0.0164. The third-order valence-electron chi connectivity index (χ3n) is 6.33. The number of amides is 2. The third kappa shape index (κ3) is 3.83. The first kappa shape index (κ1) is 21.4. The molecule has 0 aliphatic carbocycles. The van der Waals surface area contributed by atoms with Crippen molar-refractivity contribution in [3.05, 3.63) is 95.4 Å². The molecule has 0 saturated carbocycles. The second kappa shape index (κ2) is 8.83. The molecule has 0 N–H and O–H groups in total. The van der Waals surface area contributed by atoms with Crippen molar-refractivity contribution >= 4 is 44.6 Å². The zero-order valence-electron chi connectivity index (χ0n) is 18.8. The molecule has 2 atom stereocenters. The first-order valence-electron chi connectivity index (χ1n) is 11.4. The van der Waals surface area contributed by atoms with E-state index in [4.69, 9.17) is 0 Å². The minimum Gasteiger partial charge on any atom is -0.305 e. The molecule has 5 rings (SSSR count). The molecule has 166 valence electrons. The van der Waals surface area contributed by atoms with Crippen molar-refractivity contribution in [3.8, 4) is 0 Å². The molecule has 1 aromatic heterocycles. The molecule has 33 heavy (non-hydrogen) atoms. The van der Waals surface area contributed by atoms with Gasteiger partial charge in [-0.25, -0.2) is 0 Å². The smallest absolute Gasteiger partial charge is 0.268 e. The van der Waals surface area contributed by atoms with E-state index in [9.17, 15) is 9.59 Å². The maximum Gasteiger partial charge on any atom is 0.268 e. The Morgan fingerprint density at radius 3 is 2.42 bits per heavy atom. The highest BCUT2D eigenvalue weighted by Gasteiger charge is 2.38. The van der Waals surface area contributed by atoms with E-state index < -0.39 is 0 Å². The van der Waals surface area contributed by atoms with Crippen molar-refractivity contribution in [2.75, 3.05) is 9.80 Å². The number of carbonyl (C=O) groups excluding carboxylic acids is 2. The number of fused-ring (bicyclic) bond motifs is 2. The summed E-state index contributed by atoms with van der Waals surface area (Å²) in [4.78, 5) is 31.4. The summed E-state index contributed by atoms with van der Waals surface area (Å²) >= 11 is 1.53. The molecule has 3 aromatic carbocycles. The lowest BCUT2D eigenvalue weighted by Gasteiger charge is -2.43. The van der Waals surface area contributed by atoms with Crippen LogP contribution in [0.2, 0.25) is 0 Å². The van der Waals surface area contributed by atoms with Crippen molar-refractivity contribution in [3.63, 3.8) is 0 Å². The van der Waals surface area contributed by atoms with Gasteiger partial charge >= 0.3 is 0 Å². The lowest BCUT2D eigenvalue weighted by atomic mass is 9.89. The van der Waals surface area contributed by atoms with E-state index in [0.717, 1.165) is 31.9 Å². The third-order valence-corrected chi connectivity index (χ3v) is 7.44. The van der Waals surface area contributed by atoms with Crippen LogP contribution in [-0.2, 0) is 4.79 Å². The average molecular weight is 455 g/mol. The van der Waals surface area contributed by atoms with E-state index in [0.29, 0.717) is 12.8 Å². The van der Waals surface area contributed by atoms with Crippen molar-refractivity contribution in [1.29, 1.82) is 0 Å². The monoisotopic (exact) mass is 454 g/mol. The molecule has 5 heteroatoms. The molecule has 1 aliphatic heterocycles. The van der Waals surface area contributed by atoms with Gasteiger partial charge in [-0.05, 0) is 54.6 Å². The molecule has 0 saturated heterocycles. The van der Waals surface area contributed by atoms with Crippen molar-refractivity contribution in [1.82, 2.24) is 0 Å². The molecule has 2 heterocycles. The molecule has 2 amide bonds. The lowest BCUT2D eigenvalue weighted by Crippen LogP contribution is -2.47. The summed E-state index contributed by atoms with van der Waals surface area (Å²) in [5.74, 6) is 0.0974. The van der Waals surface area contributed by atoms with E-state index in [-0.39, 0.29) is 23.9 Å². The van der Waals surface area contributed by atoms with Gasteiger partial charge in [0, 0.05) is 28.5 Å². The van der Waals surface area contributed by atoms with Gasteiger partial charge in [0.25, 0.3) is 5.91 Å². The van der Waals surface area contributed by atoms with Crippen LogP contribution in [0.25, 0.3) is 10.1 Å². The molecule has 1 aliphatic rings. The molecule has 0 bridgehead atoms. The summed E-state index contributed by atoms with van der Waals surface area (Å²) in [7, 11) is 0. The number of para-hydroxylation sites is 2. The van der Waals surface area contributed by atoms with E-state index >= 15 is 0 Å².